The largest absolute Gasteiger partial charge is 0.456 e. The van der Waals surface area contributed by atoms with Gasteiger partial charge >= 0.3 is 0 Å². The Kier molecular flexibility index (Phi) is 5.81. The van der Waals surface area contributed by atoms with E-state index in [1.165, 1.54) is 0 Å². The van der Waals surface area contributed by atoms with Crippen molar-refractivity contribution in [3.05, 3.63) is 152 Å². The van der Waals surface area contributed by atoms with Crippen LogP contribution in [-0.2, 0) is 0 Å². The van der Waals surface area contributed by atoms with E-state index >= 15 is 0 Å². The summed E-state index contributed by atoms with van der Waals surface area (Å²) in [6.45, 7) is 0. The molecule has 0 bridgehead atoms. The van der Waals surface area contributed by atoms with E-state index in [4.69, 9.17) is 23.8 Å². The molecule has 3 heterocycles. The summed E-state index contributed by atoms with van der Waals surface area (Å²) >= 11 is 0. The zero-order chi connectivity index (χ0) is 31.6. The lowest BCUT2D eigenvalue weighted by Gasteiger charge is -2.12. The molecule has 0 aliphatic heterocycles. The number of benzene rings is 7. The van der Waals surface area contributed by atoms with Crippen LogP contribution in [0.25, 0.3) is 99.9 Å². The third kappa shape index (κ3) is 4.22. The fourth-order valence-electron chi connectivity index (χ4n) is 6.86. The molecule has 5 nitrogen and oxygen atoms in total. The third-order valence-corrected chi connectivity index (χ3v) is 9.11. The van der Waals surface area contributed by atoms with Gasteiger partial charge in [0.2, 0.25) is 0 Å². The first kappa shape index (κ1) is 26.6. The fourth-order valence-corrected chi connectivity index (χ4v) is 6.86. The smallest absolute Gasteiger partial charge is 0.164 e. The lowest BCUT2D eigenvalue weighted by Crippen LogP contribution is -2.01. The van der Waals surface area contributed by atoms with Gasteiger partial charge in [0.05, 0.1) is 0 Å². The summed E-state index contributed by atoms with van der Waals surface area (Å²) in [5, 5.41) is 6.26. The van der Waals surface area contributed by atoms with E-state index < -0.39 is 0 Å². The molecule has 0 spiro atoms. The Morgan fingerprint density at radius 2 is 0.938 bits per heavy atom. The monoisotopic (exact) mass is 615 g/mol. The standard InChI is InChI=1S/C43H25N3O2/c1-2-11-26(12-3-1)30-24-34(40-32-16-7-9-19-36(32)48-38(40)25-30)43-45-41(29-22-21-27-13-4-5-14-28(27)23-29)44-42(46-43)33-17-10-20-37-39(33)31-15-6-8-18-35(31)47-37/h1-25H. The number of furan rings is 2. The van der Waals surface area contributed by atoms with Gasteiger partial charge in [0.15, 0.2) is 17.5 Å². The summed E-state index contributed by atoms with van der Waals surface area (Å²) in [6.07, 6.45) is 0. The van der Waals surface area contributed by atoms with Crippen molar-refractivity contribution < 1.29 is 8.83 Å². The number of para-hydroxylation sites is 2. The maximum atomic E-state index is 6.47. The average Bonchev–Trinajstić information content (AvgIpc) is 3.73. The molecule has 0 saturated heterocycles. The van der Waals surface area contributed by atoms with Crippen molar-refractivity contribution in [2.75, 3.05) is 0 Å². The highest BCUT2D eigenvalue weighted by molar-refractivity contribution is 6.14. The molecule has 5 heteroatoms. The van der Waals surface area contributed by atoms with Crippen molar-refractivity contribution >= 4 is 54.6 Å². The first-order chi connectivity index (χ1) is 23.8. The van der Waals surface area contributed by atoms with E-state index in [2.05, 4.69) is 84.9 Å². The molecule has 3 aromatic heterocycles. The van der Waals surface area contributed by atoms with Gasteiger partial charge in [0, 0.05) is 38.2 Å². The maximum absolute atomic E-state index is 6.47. The minimum absolute atomic E-state index is 0.572. The maximum Gasteiger partial charge on any atom is 0.164 e. The van der Waals surface area contributed by atoms with Crippen LogP contribution in [0, 0.1) is 0 Å². The number of nitrogens with zero attached hydrogens (tertiary/aromatic N) is 3. The molecule has 224 valence electrons. The third-order valence-electron chi connectivity index (χ3n) is 9.11. The van der Waals surface area contributed by atoms with Crippen LogP contribution in [0.4, 0.5) is 0 Å². The van der Waals surface area contributed by atoms with Crippen molar-refractivity contribution in [2.45, 2.75) is 0 Å². The predicted molar refractivity (Wildman–Crippen MR) is 194 cm³/mol. The van der Waals surface area contributed by atoms with E-state index in [9.17, 15) is 0 Å². The van der Waals surface area contributed by atoms with Crippen molar-refractivity contribution in [1.29, 1.82) is 0 Å². The molecule has 0 amide bonds. The molecular formula is C43H25N3O2. The van der Waals surface area contributed by atoms with E-state index in [0.717, 1.165) is 82.5 Å². The van der Waals surface area contributed by atoms with Gasteiger partial charge in [-0.2, -0.15) is 0 Å². The topological polar surface area (TPSA) is 65.0 Å². The molecule has 0 unspecified atom stereocenters. The number of aromatic nitrogens is 3. The highest BCUT2D eigenvalue weighted by Crippen LogP contribution is 2.41. The molecule has 0 atom stereocenters. The Hall–Kier alpha value is -6.59. The van der Waals surface area contributed by atoms with E-state index in [1.54, 1.807) is 0 Å². The zero-order valence-electron chi connectivity index (χ0n) is 25.6. The fraction of sp³-hybridized carbons (Fsp3) is 0. The Morgan fingerprint density at radius 1 is 0.333 bits per heavy atom. The SMILES string of the molecule is c1ccc(-c2cc(-c3nc(-c4ccc5ccccc5c4)nc(-c4cccc5oc6ccccc6c45)n3)c3c(c2)oc2ccccc23)cc1. The molecule has 10 rings (SSSR count). The van der Waals surface area contributed by atoms with E-state index in [-0.39, 0.29) is 0 Å². The van der Waals surface area contributed by atoms with Crippen molar-refractivity contribution in [1.82, 2.24) is 15.0 Å². The van der Waals surface area contributed by atoms with E-state index in [0.29, 0.717) is 17.5 Å². The Bertz CT molecular complexity index is 2850. The molecule has 7 aromatic carbocycles. The number of fused-ring (bicyclic) bond motifs is 7. The van der Waals surface area contributed by atoms with Crippen LogP contribution in [0.2, 0.25) is 0 Å². The first-order valence-electron chi connectivity index (χ1n) is 15.9. The lowest BCUT2D eigenvalue weighted by atomic mass is 9.98. The van der Waals surface area contributed by atoms with Crippen LogP contribution in [0.15, 0.2) is 160 Å². The summed E-state index contributed by atoms with van der Waals surface area (Å²) in [7, 11) is 0. The van der Waals surface area contributed by atoms with Crippen molar-refractivity contribution in [3.63, 3.8) is 0 Å². The second-order valence-electron chi connectivity index (χ2n) is 12.0. The second kappa shape index (κ2) is 10.5. The van der Waals surface area contributed by atoms with Gasteiger partial charge in [0.25, 0.3) is 0 Å². The van der Waals surface area contributed by atoms with Gasteiger partial charge < -0.3 is 8.83 Å². The zero-order valence-corrected chi connectivity index (χ0v) is 25.6. The summed E-state index contributed by atoms with van der Waals surface area (Å²) in [6, 6.07) is 51.6. The number of hydrogen-bond donors (Lipinski definition) is 0. The Labute approximate surface area is 274 Å². The minimum Gasteiger partial charge on any atom is -0.456 e. The molecule has 0 fully saturated rings. The Balaban J connectivity index is 1.30. The highest BCUT2D eigenvalue weighted by Gasteiger charge is 2.21. The van der Waals surface area contributed by atoms with Gasteiger partial charge in [-0.1, -0.05) is 115 Å². The molecule has 0 saturated carbocycles. The van der Waals surface area contributed by atoms with Crippen molar-refractivity contribution in [3.8, 4) is 45.3 Å². The molecule has 48 heavy (non-hydrogen) atoms. The van der Waals surface area contributed by atoms with Crippen LogP contribution in [0.1, 0.15) is 0 Å². The van der Waals surface area contributed by atoms with Gasteiger partial charge in [-0.15, -0.1) is 0 Å². The summed E-state index contributed by atoms with van der Waals surface area (Å²) in [5.41, 5.74) is 8.00. The van der Waals surface area contributed by atoms with Gasteiger partial charge in [0.1, 0.15) is 22.3 Å². The second-order valence-corrected chi connectivity index (χ2v) is 12.0. The molecule has 0 N–H and O–H groups in total. The van der Waals surface area contributed by atoms with Crippen LogP contribution in [0.3, 0.4) is 0 Å². The van der Waals surface area contributed by atoms with Crippen molar-refractivity contribution in [2.24, 2.45) is 0 Å². The molecule has 10 aromatic rings. The normalized spacial score (nSPS) is 11.8. The quantitative estimate of drug-likeness (QED) is 0.197. The number of hydrogen-bond acceptors (Lipinski definition) is 5. The summed E-state index contributed by atoms with van der Waals surface area (Å²) in [4.78, 5) is 15.7. The minimum atomic E-state index is 0.572. The predicted octanol–water partition coefficient (Wildman–Crippen LogP) is 11.5. The highest BCUT2D eigenvalue weighted by atomic mass is 16.3. The summed E-state index contributed by atoms with van der Waals surface area (Å²) in [5.74, 6) is 1.74. The van der Waals surface area contributed by atoms with Crippen LogP contribution in [-0.4, -0.2) is 15.0 Å². The average molecular weight is 616 g/mol. The Morgan fingerprint density at radius 3 is 1.73 bits per heavy atom. The van der Waals surface area contributed by atoms with Gasteiger partial charge in [-0.25, -0.2) is 15.0 Å². The summed E-state index contributed by atoms with van der Waals surface area (Å²) < 4.78 is 12.7. The van der Waals surface area contributed by atoms with Crippen LogP contribution >= 0.6 is 0 Å². The van der Waals surface area contributed by atoms with Gasteiger partial charge in [-0.05, 0) is 58.3 Å². The van der Waals surface area contributed by atoms with Crippen LogP contribution in [0.5, 0.6) is 0 Å². The molecule has 0 aliphatic carbocycles. The molecule has 0 aliphatic rings. The molecule has 0 radical (unpaired) electrons. The number of rotatable bonds is 4. The van der Waals surface area contributed by atoms with E-state index in [1.807, 2.05) is 66.7 Å². The van der Waals surface area contributed by atoms with Crippen LogP contribution < -0.4 is 0 Å². The molecular weight excluding hydrogens is 590 g/mol. The lowest BCUT2D eigenvalue weighted by molar-refractivity contribution is 0.668. The van der Waals surface area contributed by atoms with Gasteiger partial charge in [-0.3, -0.25) is 0 Å². The first-order valence-corrected chi connectivity index (χ1v) is 15.9.